The summed E-state index contributed by atoms with van der Waals surface area (Å²) < 4.78 is 46.2. The number of benzene rings is 1. The zero-order valence-corrected chi connectivity index (χ0v) is 17.2. The summed E-state index contributed by atoms with van der Waals surface area (Å²) in [6, 6.07) is 5.37. The fourth-order valence-electron chi connectivity index (χ4n) is 5.09. The van der Waals surface area contributed by atoms with E-state index in [2.05, 4.69) is 10.1 Å². The highest BCUT2D eigenvalue weighted by Gasteiger charge is 2.46. The number of likely N-dealkylation sites (tertiary alicyclic amines) is 1. The monoisotopic (exact) mass is 440 g/mol. The topological polar surface area (TPSA) is 67.9 Å². The molecule has 3 atom stereocenters. The second-order valence-corrected chi connectivity index (χ2v) is 8.67. The number of carbonyl (C=O) groups is 2. The van der Waals surface area contributed by atoms with Crippen molar-refractivity contribution in [3.63, 3.8) is 0 Å². The Hall–Kier alpha value is -2.29. The van der Waals surface area contributed by atoms with Crippen LogP contribution in [0.1, 0.15) is 31.2 Å². The number of fused-ring (bicyclic) bond motifs is 2. The van der Waals surface area contributed by atoms with Crippen LogP contribution in [0.25, 0.3) is 0 Å². The predicted octanol–water partition coefficient (Wildman–Crippen LogP) is 2.91. The van der Waals surface area contributed by atoms with E-state index >= 15 is 0 Å². The predicted molar refractivity (Wildman–Crippen MR) is 105 cm³/mol. The third-order valence-corrected chi connectivity index (χ3v) is 6.53. The molecule has 1 saturated carbocycles. The van der Waals surface area contributed by atoms with E-state index in [-0.39, 0.29) is 47.8 Å². The Kier molecular flexibility index (Phi) is 6.41. The van der Waals surface area contributed by atoms with Crippen molar-refractivity contribution in [3.8, 4) is 5.75 Å². The number of hydrogen-bond acceptors (Lipinski definition) is 4. The highest BCUT2D eigenvalue weighted by atomic mass is 19.4. The molecule has 1 aromatic carbocycles. The van der Waals surface area contributed by atoms with Gasteiger partial charge >= 0.3 is 6.36 Å². The molecule has 4 rings (SSSR count). The Labute approximate surface area is 179 Å². The number of rotatable bonds is 6. The number of ether oxygens (including phenoxy) is 2. The zero-order chi connectivity index (χ0) is 22.0. The maximum atomic E-state index is 12.8. The van der Waals surface area contributed by atoms with Crippen LogP contribution < -0.4 is 10.1 Å². The smallest absolute Gasteiger partial charge is 0.406 e. The Balaban J connectivity index is 1.29. The van der Waals surface area contributed by atoms with Crippen LogP contribution in [0.2, 0.25) is 0 Å². The number of halogens is 3. The lowest BCUT2D eigenvalue weighted by molar-refractivity contribution is -0.274. The van der Waals surface area contributed by atoms with Crippen molar-refractivity contribution in [2.45, 2.75) is 44.6 Å². The summed E-state index contributed by atoms with van der Waals surface area (Å²) >= 11 is 0. The average Bonchev–Trinajstić information content (AvgIpc) is 3.32. The molecular formula is C22H27F3N2O4. The van der Waals surface area contributed by atoms with Crippen LogP contribution in [0.5, 0.6) is 5.75 Å². The summed E-state index contributed by atoms with van der Waals surface area (Å²) in [6.07, 6.45) is -0.658. The van der Waals surface area contributed by atoms with Crippen molar-refractivity contribution in [1.82, 2.24) is 10.2 Å². The van der Waals surface area contributed by atoms with Gasteiger partial charge in [-0.15, -0.1) is 13.2 Å². The summed E-state index contributed by atoms with van der Waals surface area (Å²) in [6.45, 7) is 2.39. The van der Waals surface area contributed by atoms with Crippen molar-refractivity contribution < 1.29 is 32.2 Å². The maximum Gasteiger partial charge on any atom is 0.573 e. The first-order valence-electron chi connectivity index (χ1n) is 10.8. The van der Waals surface area contributed by atoms with Gasteiger partial charge < -0.3 is 19.7 Å². The highest BCUT2D eigenvalue weighted by Crippen LogP contribution is 2.42. The molecule has 0 aromatic heterocycles. The third kappa shape index (κ3) is 5.50. The molecule has 0 unspecified atom stereocenters. The Morgan fingerprint density at radius 1 is 1.10 bits per heavy atom. The van der Waals surface area contributed by atoms with Crippen LogP contribution in [-0.2, 0) is 20.7 Å². The lowest BCUT2D eigenvalue weighted by atomic mass is 9.84. The number of alkyl halides is 3. The van der Waals surface area contributed by atoms with Gasteiger partial charge in [0.05, 0.1) is 12.5 Å². The van der Waals surface area contributed by atoms with Gasteiger partial charge in [0.15, 0.2) is 0 Å². The van der Waals surface area contributed by atoms with Crippen LogP contribution >= 0.6 is 0 Å². The van der Waals surface area contributed by atoms with E-state index in [0.717, 1.165) is 32.3 Å². The van der Waals surface area contributed by atoms with Gasteiger partial charge in [-0.1, -0.05) is 12.1 Å². The number of nitrogens with one attached hydrogen (secondary N) is 1. The zero-order valence-electron chi connectivity index (χ0n) is 17.2. The van der Waals surface area contributed by atoms with E-state index in [4.69, 9.17) is 4.74 Å². The van der Waals surface area contributed by atoms with E-state index in [1.807, 2.05) is 0 Å². The van der Waals surface area contributed by atoms with E-state index in [0.29, 0.717) is 25.2 Å². The van der Waals surface area contributed by atoms with E-state index in [1.165, 1.54) is 24.3 Å². The molecule has 9 heteroatoms. The summed E-state index contributed by atoms with van der Waals surface area (Å²) in [7, 11) is 0. The number of amides is 2. The normalized spacial score (nSPS) is 27.9. The standard InChI is InChI=1S/C22H27F3N2O4/c23-22(24,25)31-17-7-3-14(4-8-17)10-19(28)27-12-15-5-6-16(13-27)20(15)21(29)26-11-18-2-1-9-30-18/h3-4,7-8,15-16,18,20H,1-2,5-6,9-13H2,(H,26,29)/t15-,16-,18-/m0/s1. The highest BCUT2D eigenvalue weighted by molar-refractivity contribution is 5.82. The van der Waals surface area contributed by atoms with Gasteiger partial charge in [0.1, 0.15) is 5.75 Å². The van der Waals surface area contributed by atoms with Crippen molar-refractivity contribution in [2.75, 3.05) is 26.2 Å². The summed E-state index contributed by atoms with van der Waals surface area (Å²) in [5.41, 5.74) is 0.628. The minimum atomic E-state index is -4.74. The van der Waals surface area contributed by atoms with Gasteiger partial charge in [-0.3, -0.25) is 9.59 Å². The molecule has 1 aliphatic carbocycles. The third-order valence-electron chi connectivity index (χ3n) is 6.53. The molecule has 170 valence electrons. The summed E-state index contributed by atoms with van der Waals surface area (Å²) in [4.78, 5) is 27.3. The van der Waals surface area contributed by atoms with Crippen molar-refractivity contribution in [1.29, 1.82) is 0 Å². The molecule has 0 spiro atoms. The molecule has 3 fully saturated rings. The van der Waals surface area contributed by atoms with Gasteiger partial charge in [0.2, 0.25) is 11.8 Å². The first kappa shape index (κ1) is 21.9. The quantitative estimate of drug-likeness (QED) is 0.739. The average molecular weight is 440 g/mol. The Morgan fingerprint density at radius 2 is 1.77 bits per heavy atom. The van der Waals surface area contributed by atoms with Crippen LogP contribution in [-0.4, -0.2) is 55.4 Å². The largest absolute Gasteiger partial charge is 0.573 e. The fraction of sp³-hybridized carbons (Fsp3) is 0.636. The minimum absolute atomic E-state index is 0.0651. The Bertz CT molecular complexity index is 779. The summed E-state index contributed by atoms with van der Waals surface area (Å²) in [5, 5.41) is 3.04. The van der Waals surface area contributed by atoms with Gasteiger partial charge in [0, 0.05) is 32.2 Å². The molecule has 2 bridgehead atoms. The SMILES string of the molecule is O=C(NC[C@@H]1CCCO1)C1[C@H]2CC[C@H]1CN(C(=O)Cc1ccc(OC(F)(F)F)cc1)C2. The van der Waals surface area contributed by atoms with Gasteiger partial charge in [-0.25, -0.2) is 0 Å². The first-order valence-corrected chi connectivity index (χ1v) is 10.8. The number of piperidine rings is 1. The van der Waals surface area contributed by atoms with Crippen LogP contribution in [0, 0.1) is 17.8 Å². The van der Waals surface area contributed by atoms with Crippen molar-refractivity contribution in [2.24, 2.45) is 17.8 Å². The molecule has 2 heterocycles. The first-order chi connectivity index (χ1) is 14.8. The second kappa shape index (κ2) is 9.06. The summed E-state index contributed by atoms with van der Waals surface area (Å²) in [5.74, 6) is -0.0831. The van der Waals surface area contributed by atoms with Crippen molar-refractivity contribution >= 4 is 11.8 Å². The minimum Gasteiger partial charge on any atom is -0.406 e. The van der Waals surface area contributed by atoms with Crippen LogP contribution in [0.4, 0.5) is 13.2 Å². The van der Waals surface area contributed by atoms with Crippen LogP contribution in [0.3, 0.4) is 0 Å². The molecule has 6 nitrogen and oxygen atoms in total. The molecule has 2 saturated heterocycles. The molecule has 3 aliphatic rings. The lowest BCUT2D eigenvalue weighted by Crippen LogP contribution is -2.50. The van der Waals surface area contributed by atoms with Gasteiger partial charge in [-0.2, -0.15) is 0 Å². The number of carbonyl (C=O) groups excluding carboxylic acids is 2. The van der Waals surface area contributed by atoms with E-state index in [9.17, 15) is 22.8 Å². The molecule has 1 aromatic rings. The lowest BCUT2D eigenvalue weighted by Gasteiger charge is -2.37. The van der Waals surface area contributed by atoms with Crippen molar-refractivity contribution in [3.05, 3.63) is 29.8 Å². The molecule has 2 amide bonds. The number of nitrogens with zero attached hydrogens (tertiary/aromatic N) is 1. The fourth-order valence-corrected chi connectivity index (χ4v) is 5.09. The van der Waals surface area contributed by atoms with Crippen LogP contribution in [0.15, 0.2) is 24.3 Å². The molecular weight excluding hydrogens is 413 g/mol. The molecule has 1 N–H and O–H groups in total. The Morgan fingerprint density at radius 3 is 2.35 bits per heavy atom. The van der Waals surface area contributed by atoms with Gasteiger partial charge in [0.25, 0.3) is 0 Å². The number of hydrogen-bond donors (Lipinski definition) is 1. The maximum absolute atomic E-state index is 12.8. The van der Waals surface area contributed by atoms with Gasteiger partial charge in [-0.05, 0) is 55.2 Å². The molecule has 0 radical (unpaired) electrons. The second-order valence-electron chi connectivity index (χ2n) is 8.67. The molecule has 2 aliphatic heterocycles. The van der Waals surface area contributed by atoms with E-state index < -0.39 is 6.36 Å². The molecule has 31 heavy (non-hydrogen) atoms. The van der Waals surface area contributed by atoms with E-state index in [1.54, 1.807) is 4.90 Å².